The van der Waals surface area contributed by atoms with Gasteiger partial charge in [0.05, 0.1) is 38.1 Å². The first-order valence-corrected chi connectivity index (χ1v) is 10.6. The van der Waals surface area contributed by atoms with Crippen LogP contribution in [0.1, 0.15) is 25.7 Å². The Labute approximate surface area is 183 Å². The number of aliphatic carboxylic acids is 1. The van der Waals surface area contributed by atoms with Crippen LogP contribution in [0.15, 0.2) is 12.4 Å². The molecule has 2 fully saturated rings. The van der Waals surface area contributed by atoms with Gasteiger partial charge in [-0.15, -0.1) is 5.10 Å². The highest BCUT2D eigenvalue weighted by atomic mass is 35.5. The Kier molecular flexibility index (Phi) is 6.05. The van der Waals surface area contributed by atoms with Gasteiger partial charge < -0.3 is 20.9 Å². The minimum Gasteiger partial charge on any atom is -0.481 e. The summed E-state index contributed by atoms with van der Waals surface area (Å²) < 4.78 is 7.16. The fraction of sp³-hybridized carbons (Fsp3) is 0.579. The normalized spacial score (nSPS) is 21.3. The molecule has 2 aliphatic carbocycles. The summed E-state index contributed by atoms with van der Waals surface area (Å²) in [6.45, 7) is 1.58. The van der Waals surface area contributed by atoms with Gasteiger partial charge in [0.25, 0.3) is 0 Å². The Morgan fingerprint density at radius 1 is 1.35 bits per heavy atom. The van der Waals surface area contributed by atoms with E-state index in [2.05, 4.69) is 25.6 Å². The number of amides is 1. The van der Waals surface area contributed by atoms with Gasteiger partial charge in [-0.1, -0.05) is 23.2 Å². The van der Waals surface area contributed by atoms with Crippen molar-refractivity contribution in [3.05, 3.63) is 17.5 Å². The van der Waals surface area contributed by atoms with Crippen LogP contribution in [0.2, 0.25) is 5.15 Å². The summed E-state index contributed by atoms with van der Waals surface area (Å²) in [5.74, 6) is -1.20. The van der Waals surface area contributed by atoms with Crippen LogP contribution in [0.5, 0.6) is 0 Å². The van der Waals surface area contributed by atoms with E-state index in [-0.39, 0.29) is 34.1 Å². The number of anilines is 1. The molecule has 4 N–H and O–H groups in total. The van der Waals surface area contributed by atoms with Gasteiger partial charge in [0.15, 0.2) is 5.15 Å². The smallest absolute Gasteiger partial charge is 0.307 e. The molecule has 2 atom stereocenters. The van der Waals surface area contributed by atoms with Crippen molar-refractivity contribution in [2.45, 2.75) is 32.2 Å². The molecule has 0 bridgehead atoms. The lowest BCUT2D eigenvalue weighted by Gasteiger charge is -2.59. The number of halogens is 1. The van der Waals surface area contributed by atoms with Crippen molar-refractivity contribution in [2.24, 2.45) is 17.3 Å². The SMILES string of the molecule is Nc1cnc(-c2cn(CCOCCNC(=O)C3CC(C(=O)O)C34CCC4)nn2)c(Cl)n1. The van der Waals surface area contributed by atoms with Gasteiger partial charge in [-0.2, -0.15) is 0 Å². The molecule has 2 heterocycles. The third-order valence-electron chi connectivity index (χ3n) is 6.30. The number of carbonyl (C=O) groups excluding carboxylic acids is 1. The van der Waals surface area contributed by atoms with E-state index < -0.39 is 5.97 Å². The van der Waals surface area contributed by atoms with Crippen LogP contribution >= 0.6 is 11.6 Å². The van der Waals surface area contributed by atoms with Gasteiger partial charge in [-0.05, 0) is 24.7 Å². The number of nitrogens with zero attached hydrogens (tertiary/aromatic N) is 5. The third-order valence-corrected chi connectivity index (χ3v) is 6.56. The summed E-state index contributed by atoms with van der Waals surface area (Å²) >= 11 is 6.03. The molecule has 0 saturated heterocycles. The highest BCUT2D eigenvalue weighted by Crippen LogP contribution is 2.63. The predicted molar refractivity (Wildman–Crippen MR) is 110 cm³/mol. The molecule has 2 aromatic rings. The number of hydrogen-bond donors (Lipinski definition) is 3. The average Bonchev–Trinajstić information content (AvgIpc) is 3.10. The maximum Gasteiger partial charge on any atom is 0.307 e. The largest absolute Gasteiger partial charge is 0.481 e. The Morgan fingerprint density at radius 3 is 2.84 bits per heavy atom. The number of carbonyl (C=O) groups is 2. The van der Waals surface area contributed by atoms with Crippen LogP contribution in [0.4, 0.5) is 5.82 Å². The van der Waals surface area contributed by atoms with E-state index in [9.17, 15) is 14.7 Å². The number of carboxylic acid groups (broad SMARTS) is 1. The molecule has 11 nitrogen and oxygen atoms in total. The Hall–Kier alpha value is -2.79. The van der Waals surface area contributed by atoms with E-state index in [0.29, 0.717) is 44.1 Å². The van der Waals surface area contributed by atoms with Crippen LogP contribution in [0.25, 0.3) is 11.4 Å². The first-order chi connectivity index (χ1) is 14.9. The Balaban J connectivity index is 1.16. The fourth-order valence-electron chi connectivity index (χ4n) is 4.48. The minimum absolute atomic E-state index is 0.0665. The molecule has 0 aromatic carbocycles. The molecule has 0 aliphatic heterocycles. The second kappa shape index (κ2) is 8.75. The zero-order valence-electron chi connectivity index (χ0n) is 16.8. The number of ether oxygens (including phenoxy) is 1. The van der Waals surface area contributed by atoms with E-state index >= 15 is 0 Å². The summed E-state index contributed by atoms with van der Waals surface area (Å²) in [6, 6.07) is 0. The van der Waals surface area contributed by atoms with E-state index in [4.69, 9.17) is 22.1 Å². The molecule has 4 rings (SSSR count). The standard InChI is InChI=1S/C19H24ClN7O4/c20-16-15(23-9-14(21)24-16)13-10-27(26-25-13)5-7-31-6-4-22-17(28)11-8-12(18(29)30)19(11)2-1-3-19/h9-12H,1-8H2,(H2,21,24)(H,22,28)(H,29,30). The zero-order valence-corrected chi connectivity index (χ0v) is 17.6. The quantitative estimate of drug-likeness (QED) is 0.474. The van der Waals surface area contributed by atoms with Gasteiger partial charge in [-0.25, -0.2) is 14.6 Å². The average molecular weight is 450 g/mol. The molecule has 0 radical (unpaired) electrons. The van der Waals surface area contributed by atoms with Crippen LogP contribution in [0.3, 0.4) is 0 Å². The van der Waals surface area contributed by atoms with Crippen molar-refractivity contribution >= 4 is 29.3 Å². The number of nitrogens with two attached hydrogens (primary N) is 1. The van der Waals surface area contributed by atoms with Crippen molar-refractivity contribution in [1.29, 1.82) is 0 Å². The number of nitrogen functional groups attached to an aromatic ring is 1. The fourth-order valence-corrected chi connectivity index (χ4v) is 4.72. The number of rotatable bonds is 9. The topological polar surface area (TPSA) is 158 Å². The third kappa shape index (κ3) is 4.19. The molecule has 1 amide bonds. The molecule has 31 heavy (non-hydrogen) atoms. The van der Waals surface area contributed by atoms with E-state index in [1.165, 1.54) is 6.20 Å². The summed E-state index contributed by atoms with van der Waals surface area (Å²) in [6.07, 6.45) is 6.16. The molecule has 1 spiro atoms. The van der Waals surface area contributed by atoms with Crippen LogP contribution in [-0.2, 0) is 20.9 Å². The highest BCUT2D eigenvalue weighted by Gasteiger charge is 2.63. The lowest BCUT2D eigenvalue weighted by Crippen LogP contribution is -2.61. The summed E-state index contributed by atoms with van der Waals surface area (Å²) in [7, 11) is 0. The highest BCUT2D eigenvalue weighted by molar-refractivity contribution is 6.31. The number of aromatic nitrogens is 5. The lowest BCUT2D eigenvalue weighted by molar-refractivity contribution is -0.180. The molecular weight excluding hydrogens is 426 g/mol. The molecule has 166 valence electrons. The van der Waals surface area contributed by atoms with Crippen molar-refractivity contribution in [3.8, 4) is 11.4 Å². The van der Waals surface area contributed by atoms with Crippen LogP contribution in [0, 0.1) is 17.3 Å². The van der Waals surface area contributed by atoms with E-state index in [0.717, 1.165) is 19.3 Å². The van der Waals surface area contributed by atoms with Crippen molar-refractivity contribution in [2.75, 3.05) is 25.5 Å². The molecule has 2 aliphatic rings. The predicted octanol–water partition coefficient (Wildman–Crippen LogP) is 0.994. The maximum atomic E-state index is 12.4. The maximum absolute atomic E-state index is 12.4. The van der Waals surface area contributed by atoms with Gasteiger partial charge >= 0.3 is 5.97 Å². The lowest BCUT2D eigenvalue weighted by atomic mass is 9.44. The molecular formula is C19H24ClN7O4. The van der Waals surface area contributed by atoms with Crippen LogP contribution in [-0.4, -0.2) is 61.7 Å². The van der Waals surface area contributed by atoms with Gasteiger partial charge in [-0.3, -0.25) is 9.59 Å². The summed E-state index contributed by atoms with van der Waals surface area (Å²) in [5, 5.41) is 20.4. The number of nitrogens with one attached hydrogen (secondary N) is 1. The Morgan fingerprint density at radius 2 is 2.16 bits per heavy atom. The van der Waals surface area contributed by atoms with Gasteiger partial charge in [0.2, 0.25) is 5.91 Å². The summed E-state index contributed by atoms with van der Waals surface area (Å²) in [5.41, 5.74) is 6.10. The summed E-state index contributed by atoms with van der Waals surface area (Å²) in [4.78, 5) is 31.8. The minimum atomic E-state index is -0.783. The molecule has 2 unspecified atom stereocenters. The molecule has 2 saturated carbocycles. The monoisotopic (exact) mass is 449 g/mol. The zero-order chi connectivity index (χ0) is 22.0. The van der Waals surface area contributed by atoms with E-state index in [1.54, 1.807) is 10.9 Å². The molecule has 12 heteroatoms. The Bertz CT molecular complexity index is 978. The number of carboxylic acids is 1. The van der Waals surface area contributed by atoms with Crippen molar-refractivity contribution in [1.82, 2.24) is 30.3 Å². The van der Waals surface area contributed by atoms with E-state index in [1.807, 2.05) is 0 Å². The second-order valence-corrected chi connectivity index (χ2v) is 8.33. The van der Waals surface area contributed by atoms with Gasteiger partial charge in [0, 0.05) is 12.5 Å². The van der Waals surface area contributed by atoms with Crippen LogP contribution < -0.4 is 11.1 Å². The second-order valence-electron chi connectivity index (χ2n) is 7.97. The van der Waals surface area contributed by atoms with Crippen molar-refractivity contribution in [3.63, 3.8) is 0 Å². The number of hydrogen-bond acceptors (Lipinski definition) is 8. The first-order valence-electron chi connectivity index (χ1n) is 10.2. The van der Waals surface area contributed by atoms with Crippen molar-refractivity contribution < 1.29 is 19.4 Å². The first kappa shape index (κ1) is 21.4. The van der Waals surface area contributed by atoms with Gasteiger partial charge in [0.1, 0.15) is 17.2 Å². The molecule has 2 aromatic heterocycles.